The van der Waals surface area contributed by atoms with Crippen molar-refractivity contribution in [1.82, 2.24) is 9.36 Å². The highest BCUT2D eigenvalue weighted by Gasteiger charge is 2.20. The molecule has 2 aromatic rings. The van der Waals surface area contributed by atoms with Gasteiger partial charge in [0, 0.05) is 24.6 Å². The second-order valence-electron chi connectivity index (χ2n) is 3.29. The van der Waals surface area contributed by atoms with Gasteiger partial charge in [-0.05, 0) is 11.5 Å². The van der Waals surface area contributed by atoms with Crippen molar-refractivity contribution in [3.05, 3.63) is 30.9 Å². The van der Waals surface area contributed by atoms with Crippen molar-refractivity contribution in [3.63, 3.8) is 0 Å². The van der Waals surface area contributed by atoms with Gasteiger partial charge >= 0.3 is 5.97 Å². The van der Waals surface area contributed by atoms with Crippen LogP contribution < -0.4 is 4.57 Å². The summed E-state index contributed by atoms with van der Waals surface area (Å²) in [5, 5.41) is 9.68. The summed E-state index contributed by atoms with van der Waals surface area (Å²) in [6.45, 7) is 1.63. The minimum absolute atomic E-state index is 0.566. The SMILES string of the molecule is CC(C(=O)O)[n+]1ccc(-c2ncns2)cc1. The number of aromatic nitrogens is 3. The summed E-state index contributed by atoms with van der Waals surface area (Å²) < 4.78 is 5.55. The van der Waals surface area contributed by atoms with Gasteiger partial charge in [0.2, 0.25) is 0 Å². The van der Waals surface area contributed by atoms with Gasteiger partial charge in [-0.15, -0.1) is 0 Å². The van der Waals surface area contributed by atoms with Gasteiger partial charge in [-0.25, -0.2) is 9.78 Å². The molecule has 2 aromatic heterocycles. The third-order valence-corrected chi connectivity index (χ3v) is 2.98. The monoisotopic (exact) mass is 236 g/mol. The third-order valence-electron chi connectivity index (χ3n) is 2.27. The molecule has 16 heavy (non-hydrogen) atoms. The Hall–Kier alpha value is -1.82. The second kappa shape index (κ2) is 4.36. The van der Waals surface area contributed by atoms with E-state index in [1.807, 2.05) is 12.1 Å². The smallest absolute Gasteiger partial charge is 0.373 e. The number of carboxylic acids is 1. The van der Waals surface area contributed by atoms with E-state index in [2.05, 4.69) is 9.36 Å². The van der Waals surface area contributed by atoms with Crippen molar-refractivity contribution in [2.75, 3.05) is 0 Å². The number of hydrogen-bond acceptors (Lipinski definition) is 4. The third kappa shape index (κ3) is 2.06. The van der Waals surface area contributed by atoms with Gasteiger partial charge in [0.1, 0.15) is 11.3 Å². The van der Waals surface area contributed by atoms with Crippen LogP contribution in [0.1, 0.15) is 13.0 Å². The Morgan fingerprint density at radius 1 is 1.50 bits per heavy atom. The van der Waals surface area contributed by atoms with E-state index < -0.39 is 12.0 Å². The molecule has 82 valence electrons. The molecule has 0 aliphatic carbocycles. The number of pyridine rings is 1. The molecule has 1 N–H and O–H groups in total. The highest BCUT2D eigenvalue weighted by Crippen LogP contribution is 2.17. The Morgan fingerprint density at radius 3 is 2.69 bits per heavy atom. The van der Waals surface area contributed by atoms with Crippen LogP contribution in [0.15, 0.2) is 30.9 Å². The molecule has 5 nitrogen and oxygen atoms in total. The Kier molecular flexibility index (Phi) is 2.91. The van der Waals surface area contributed by atoms with Crippen LogP contribution in [0.3, 0.4) is 0 Å². The maximum absolute atomic E-state index is 10.8. The summed E-state index contributed by atoms with van der Waals surface area (Å²) in [4.78, 5) is 14.9. The molecule has 0 amide bonds. The van der Waals surface area contributed by atoms with Crippen molar-refractivity contribution >= 4 is 17.5 Å². The molecule has 2 heterocycles. The molecular weight excluding hydrogens is 226 g/mol. The summed E-state index contributed by atoms with van der Waals surface area (Å²) in [5.41, 5.74) is 0.941. The lowest BCUT2D eigenvalue weighted by molar-refractivity contribution is -0.707. The van der Waals surface area contributed by atoms with E-state index in [-0.39, 0.29) is 0 Å². The first-order valence-corrected chi connectivity index (χ1v) is 5.46. The molecule has 0 radical (unpaired) electrons. The fourth-order valence-corrected chi connectivity index (χ4v) is 1.80. The predicted octanol–water partition coefficient (Wildman–Crippen LogP) is 1.14. The molecule has 0 fully saturated rings. The normalized spacial score (nSPS) is 12.3. The molecule has 0 aliphatic heterocycles. The zero-order valence-corrected chi connectivity index (χ0v) is 9.39. The van der Waals surface area contributed by atoms with E-state index in [0.717, 1.165) is 10.6 Å². The fourth-order valence-electron chi connectivity index (χ4n) is 1.27. The minimum atomic E-state index is -0.853. The molecule has 0 aromatic carbocycles. The Balaban J connectivity index is 2.26. The van der Waals surface area contributed by atoms with Gasteiger partial charge in [0.25, 0.3) is 6.04 Å². The zero-order chi connectivity index (χ0) is 11.5. The standard InChI is InChI=1S/C10H9N3O2S/c1-7(10(14)15)13-4-2-8(3-5-13)9-11-6-12-16-9/h2-7H,1H3/p+1. The number of carboxylic acid groups (broad SMARTS) is 1. The zero-order valence-electron chi connectivity index (χ0n) is 8.57. The van der Waals surface area contributed by atoms with Gasteiger partial charge in [0.15, 0.2) is 12.4 Å². The first-order chi connectivity index (χ1) is 7.68. The van der Waals surface area contributed by atoms with Gasteiger partial charge in [-0.1, -0.05) is 0 Å². The maximum atomic E-state index is 10.8. The van der Waals surface area contributed by atoms with E-state index in [0.29, 0.717) is 0 Å². The Bertz CT molecular complexity index is 481. The summed E-state index contributed by atoms with van der Waals surface area (Å²) in [6.07, 6.45) is 4.96. The quantitative estimate of drug-likeness (QED) is 0.811. The van der Waals surface area contributed by atoms with E-state index in [9.17, 15) is 4.79 Å². The maximum Gasteiger partial charge on any atom is 0.373 e. The van der Waals surface area contributed by atoms with Gasteiger partial charge in [-0.3, -0.25) is 0 Å². The molecule has 0 saturated heterocycles. The largest absolute Gasteiger partial charge is 0.476 e. The van der Waals surface area contributed by atoms with Crippen molar-refractivity contribution in [1.29, 1.82) is 0 Å². The average Bonchev–Trinajstić information content (AvgIpc) is 2.81. The van der Waals surface area contributed by atoms with E-state index in [1.54, 1.807) is 23.9 Å². The van der Waals surface area contributed by atoms with Crippen molar-refractivity contribution in [2.45, 2.75) is 13.0 Å². The first kappa shape index (κ1) is 10.7. The number of nitrogens with zero attached hydrogens (tertiary/aromatic N) is 3. The van der Waals surface area contributed by atoms with Crippen molar-refractivity contribution < 1.29 is 14.5 Å². The average molecular weight is 236 g/mol. The number of rotatable bonds is 3. The van der Waals surface area contributed by atoms with Crippen LogP contribution in [0, 0.1) is 0 Å². The van der Waals surface area contributed by atoms with Crippen LogP contribution in [0.25, 0.3) is 10.6 Å². The summed E-state index contributed by atoms with van der Waals surface area (Å²) in [6, 6.07) is 3.10. The van der Waals surface area contributed by atoms with E-state index in [1.165, 1.54) is 17.9 Å². The second-order valence-corrected chi connectivity index (χ2v) is 4.07. The summed E-state index contributed by atoms with van der Waals surface area (Å²) in [5.74, 6) is -0.853. The highest BCUT2D eigenvalue weighted by molar-refractivity contribution is 7.09. The van der Waals surface area contributed by atoms with Crippen LogP contribution in [0.4, 0.5) is 0 Å². The number of hydrogen-bond donors (Lipinski definition) is 1. The Labute approximate surface area is 96.2 Å². The van der Waals surface area contributed by atoms with Gasteiger partial charge < -0.3 is 5.11 Å². The topological polar surface area (TPSA) is 67.0 Å². The Morgan fingerprint density at radius 2 is 2.19 bits per heavy atom. The van der Waals surface area contributed by atoms with Crippen LogP contribution >= 0.6 is 11.5 Å². The lowest BCUT2D eigenvalue weighted by atomic mass is 10.2. The molecule has 0 spiro atoms. The first-order valence-electron chi connectivity index (χ1n) is 4.69. The number of carbonyl (C=O) groups is 1. The molecule has 2 rings (SSSR count). The molecular formula is C10H10N3O2S+. The number of aliphatic carboxylic acids is 1. The fraction of sp³-hybridized carbons (Fsp3) is 0.200. The molecule has 0 saturated carbocycles. The molecule has 6 heteroatoms. The van der Waals surface area contributed by atoms with Gasteiger partial charge in [-0.2, -0.15) is 8.94 Å². The highest BCUT2D eigenvalue weighted by atomic mass is 32.1. The predicted molar refractivity (Wildman–Crippen MR) is 57.9 cm³/mol. The van der Waals surface area contributed by atoms with Crippen LogP contribution in [-0.2, 0) is 4.79 Å². The lowest BCUT2D eigenvalue weighted by Gasteiger charge is -2.01. The molecule has 1 unspecified atom stereocenters. The molecule has 0 bridgehead atoms. The van der Waals surface area contributed by atoms with Crippen molar-refractivity contribution in [3.8, 4) is 10.6 Å². The molecule has 1 atom stereocenters. The summed E-state index contributed by atoms with van der Waals surface area (Å²) >= 11 is 1.31. The minimum Gasteiger partial charge on any atom is -0.476 e. The van der Waals surface area contributed by atoms with Crippen LogP contribution in [0.2, 0.25) is 0 Å². The van der Waals surface area contributed by atoms with Crippen LogP contribution in [0.5, 0.6) is 0 Å². The van der Waals surface area contributed by atoms with Crippen molar-refractivity contribution in [2.24, 2.45) is 0 Å². The summed E-state index contributed by atoms with van der Waals surface area (Å²) in [7, 11) is 0. The van der Waals surface area contributed by atoms with Crippen LogP contribution in [-0.4, -0.2) is 20.4 Å². The molecule has 0 aliphatic rings. The van der Waals surface area contributed by atoms with E-state index in [4.69, 9.17) is 5.11 Å². The van der Waals surface area contributed by atoms with E-state index >= 15 is 0 Å². The lowest BCUT2D eigenvalue weighted by Crippen LogP contribution is -2.41. The van der Waals surface area contributed by atoms with Gasteiger partial charge in [0.05, 0.1) is 0 Å².